The Balaban J connectivity index is 1.81. The van der Waals surface area contributed by atoms with Crippen LogP contribution in [0.3, 0.4) is 0 Å². The number of rotatable bonds is 2. The Bertz CT molecular complexity index is 905. The second-order valence-electron chi connectivity index (χ2n) is 4.96. The van der Waals surface area contributed by atoms with E-state index in [2.05, 4.69) is 0 Å². The molecule has 2 N–H and O–H groups in total. The zero-order chi connectivity index (χ0) is 14.4. The molecule has 0 fully saturated rings. The molecule has 4 rings (SSSR count). The quantitative estimate of drug-likeness (QED) is 0.573. The zero-order valence-corrected chi connectivity index (χ0v) is 11.8. The van der Waals surface area contributed by atoms with Crippen LogP contribution in [0.5, 0.6) is 0 Å². The van der Waals surface area contributed by atoms with Crippen LogP contribution in [0.1, 0.15) is 17.6 Å². The second kappa shape index (κ2) is 4.65. The molecule has 2 heterocycles. The fourth-order valence-corrected chi connectivity index (χ4v) is 2.71. The van der Waals surface area contributed by atoms with Crippen molar-refractivity contribution in [2.24, 2.45) is 5.73 Å². The SMILES string of the molecule is NC(c1cc2ccccc2o1)c1cc2c(Cl)cccc2o1. The van der Waals surface area contributed by atoms with Gasteiger partial charge in [0.05, 0.1) is 5.02 Å². The maximum atomic E-state index is 6.26. The van der Waals surface area contributed by atoms with Gasteiger partial charge >= 0.3 is 0 Å². The number of furan rings is 2. The third kappa shape index (κ3) is 2.02. The van der Waals surface area contributed by atoms with Gasteiger partial charge in [0.2, 0.25) is 0 Å². The van der Waals surface area contributed by atoms with E-state index in [4.69, 9.17) is 26.2 Å². The van der Waals surface area contributed by atoms with Crippen LogP contribution in [0.25, 0.3) is 21.9 Å². The summed E-state index contributed by atoms with van der Waals surface area (Å²) in [5, 5.41) is 2.54. The summed E-state index contributed by atoms with van der Waals surface area (Å²) >= 11 is 6.16. The molecule has 0 aliphatic carbocycles. The highest BCUT2D eigenvalue weighted by Gasteiger charge is 2.19. The molecule has 1 unspecified atom stereocenters. The number of hydrogen-bond acceptors (Lipinski definition) is 3. The van der Waals surface area contributed by atoms with Crippen molar-refractivity contribution in [2.45, 2.75) is 6.04 Å². The highest BCUT2D eigenvalue weighted by molar-refractivity contribution is 6.35. The van der Waals surface area contributed by atoms with Crippen molar-refractivity contribution >= 4 is 33.5 Å². The summed E-state index contributed by atoms with van der Waals surface area (Å²) in [5.41, 5.74) is 7.81. The van der Waals surface area contributed by atoms with Gasteiger partial charge in [-0.3, -0.25) is 0 Å². The van der Waals surface area contributed by atoms with Gasteiger partial charge in [-0.25, -0.2) is 0 Å². The summed E-state index contributed by atoms with van der Waals surface area (Å²) in [6.45, 7) is 0. The zero-order valence-electron chi connectivity index (χ0n) is 11.0. The number of halogens is 1. The minimum absolute atomic E-state index is 0.458. The Hall–Kier alpha value is -2.23. The van der Waals surface area contributed by atoms with Crippen molar-refractivity contribution in [3.63, 3.8) is 0 Å². The van der Waals surface area contributed by atoms with Crippen LogP contribution in [-0.2, 0) is 0 Å². The Morgan fingerprint density at radius 3 is 2.38 bits per heavy atom. The fraction of sp³-hybridized carbons (Fsp3) is 0.0588. The van der Waals surface area contributed by atoms with Crippen LogP contribution in [0.2, 0.25) is 5.02 Å². The van der Waals surface area contributed by atoms with Gasteiger partial charge in [0, 0.05) is 10.8 Å². The maximum Gasteiger partial charge on any atom is 0.135 e. The van der Waals surface area contributed by atoms with Gasteiger partial charge in [-0.2, -0.15) is 0 Å². The van der Waals surface area contributed by atoms with E-state index in [1.54, 1.807) is 0 Å². The molecule has 0 amide bonds. The van der Waals surface area contributed by atoms with Crippen molar-refractivity contribution in [3.8, 4) is 0 Å². The number of hydrogen-bond donors (Lipinski definition) is 1. The average Bonchev–Trinajstić information content (AvgIpc) is 3.11. The summed E-state index contributed by atoms with van der Waals surface area (Å²) in [7, 11) is 0. The molecule has 2 aromatic heterocycles. The summed E-state index contributed by atoms with van der Waals surface area (Å²) < 4.78 is 11.6. The van der Waals surface area contributed by atoms with E-state index >= 15 is 0 Å². The third-order valence-corrected chi connectivity index (χ3v) is 3.91. The number of nitrogens with two attached hydrogens (primary N) is 1. The number of fused-ring (bicyclic) bond motifs is 2. The third-order valence-electron chi connectivity index (χ3n) is 3.58. The predicted molar refractivity (Wildman–Crippen MR) is 83.5 cm³/mol. The second-order valence-corrected chi connectivity index (χ2v) is 5.37. The summed E-state index contributed by atoms with van der Waals surface area (Å²) in [6, 6.07) is 16.7. The Morgan fingerprint density at radius 2 is 1.57 bits per heavy atom. The molecule has 0 saturated heterocycles. The molecule has 4 heteroatoms. The first-order chi connectivity index (χ1) is 10.2. The topological polar surface area (TPSA) is 52.3 Å². The molecule has 0 aliphatic rings. The Labute approximate surface area is 125 Å². The minimum Gasteiger partial charge on any atom is -0.459 e. The molecule has 0 bridgehead atoms. The first-order valence-corrected chi connectivity index (χ1v) is 7.02. The maximum absolute atomic E-state index is 6.26. The standard InChI is InChI=1S/C17H12ClNO2/c18-12-5-3-7-14-11(12)9-16(21-14)17(19)15-8-10-4-1-2-6-13(10)20-15/h1-9,17H,19H2. The van der Waals surface area contributed by atoms with Crippen molar-refractivity contribution in [1.29, 1.82) is 0 Å². The lowest BCUT2D eigenvalue weighted by Crippen LogP contribution is -2.09. The van der Waals surface area contributed by atoms with Crippen molar-refractivity contribution in [2.75, 3.05) is 0 Å². The van der Waals surface area contributed by atoms with Gasteiger partial charge in [0.15, 0.2) is 0 Å². The van der Waals surface area contributed by atoms with Gasteiger partial charge in [-0.1, -0.05) is 35.9 Å². The largest absolute Gasteiger partial charge is 0.459 e. The molecule has 0 spiro atoms. The van der Waals surface area contributed by atoms with Crippen LogP contribution < -0.4 is 5.73 Å². The Kier molecular flexibility index (Phi) is 2.77. The van der Waals surface area contributed by atoms with Gasteiger partial charge in [0.25, 0.3) is 0 Å². The molecule has 104 valence electrons. The monoisotopic (exact) mass is 297 g/mol. The highest BCUT2D eigenvalue weighted by atomic mass is 35.5. The molecule has 2 aromatic carbocycles. The molecule has 21 heavy (non-hydrogen) atoms. The molecule has 0 radical (unpaired) electrons. The highest BCUT2D eigenvalue weighted by Crippen LogP contribution is 2.32. The van der Waals surface area contributed by atoms with Crippen LogP contribution >= 0.6 is 11.6 Å². The van der Waals surface area contributed by atoms with Gasteiger partial charge < -0.3 is 14.6 Å². The molecule has 4 aromatic rings. The fourth-order valence-electron chi connectivity index (χ4n) is 2.49. The summed E-state index contributed by atoms with van der Waals surface area (Å²) in [6.07, 6.45) is 0. The lowest BCUT2D eigenvalue weighted by atomic mass is 10.1. The van der Waals surface area contributed by atoms with Crippen LogP contribution in [0.4, 0.5) is 0 Å². The first kappa shape index (κ1) is 12.5. The lowest BCUT2D eigenvalue weighted by molar-refractivity contribution is 0.463. The van der Waals surface area contributed by atoms with E-state index in [9.17, 15) is 0 Å². The van der Waals surface area contributed by atoms with E-state index in [0.717, 1.165) is 21.9 Å². The molecule has 0 aliphatic heterocycles. The van der Waals surface area contributed by atoms with E-state index in [-0.39, 0.29) is 0 Å². The molecule has 1 atom stereocenters. The van der Waals surface area contributed by atoms with E-state index in [1.807, 2.05) is 54.6 Å². The van der Waals surface area contributed by atoms with Crippen molar-refractivity contribution in [3.05, 3.63) is 71.1 Å². The predicted octanol–water partition coefficient (Wildman–Crippen LogP) is 4.88. The van der Waals surface area contributed by atoms with Crippen molar-refractivity contribution < 1.29 is 8.83 Å². The van der Waals surface area contributed by atoms with Crippen LogP contribution in [-0.4, -0.2) is 0 Å². The Morgan fingerprint density at radius 1 is 0.857 bits per heavy atom. The summed E-state index contributed by atoms with van der Waals surface area (Å²) in [5.74, 6) is 1.31. The average molecular weight is 298 g/mol. The van der Waals surface area contributed by atoms with Gasteiger partial charge in [-0.15, -0.1) is 0 Å². The normalized spacial score (nSPS) is 13.0. The molecule has 0 saturated carbocycles. The smallest absolute Gasteiger partial charge is 0.135 e. The number of para-hydroxylation sites is 1. The molecular weight excluding hydrogens is 286 g/mol. The minimum atomic E-state index is -0.458. The lowest BCUT2D eigenvalue weighted by Gasteiger charge is -2.03. The van der Waals surface area contributed by atoms with Crippen LogP contribution in [0, 0.1) is 0 Å². The van der Waals surface area contributed by atoms with Gasteiger partial charge in [-0.05, 0) is 30.3 Å². The van der Waals surface area contributed by atoms with Gasteiger partial charge in [0.1, 0.15) is 28.7 Å². The van der Waals surface area contributed by atoms with Crippen molar-refractivity contribution in [1.82, 2.24) is 0 Å². The van der Waals surface area contributed by atoms with E-state index in [0.29, 0.717) is 16.5 Å². The van der Waals surface area contributed by atoms with E-state index < -0.39 is 6.04 Å². The first-order valence-electron chi connectivity index (χ1n) is 6.64. The number of benzene rings is 2. The van der Waals surface area contributed by atoms with E-state index in [1.165, 1.54) is 0 Å². The molecular formula is C17H12ClNO2. The van der Waals surface area contributed by atoms with Crippen LogP contribution in [0.15, 0.2) is 63.4 Å². The molecule has 3 nitrogen and oxygen atoms in total. The summed E-state index contributed by atoms with van der Waals surface area (Å²) in [4.78, 5) is 0.